The number of nitrogens with zero attached hydrogens (tertiary/aromatic N) is 2. The average Bonchev–Trinajstić information content (AvgIpc) is 3.05. The first-order valence-corrected chi connectivity index (χ1v) is 9.05. The van der Waals surface area contributed by atoms with E-state index in [2.05, 4.69) is 42.3 Å². The van der Waals surface area contributed by atoms with Gasteiger partial charge >= 0.3 is 0 Å². The molecule has 0 bridgehead atoms. The lowest BCUT2D eigenvalue weighted by molar-refractivity contribution is -0.121. The lowest BCUT2D eigenvalue weighted by Gasteiger charge is -2.10. The predicted molar refractivity (Wildman–Crippen MR) is 104 cm³/mol. The molecule has 4 nitrogen and oxygen atoms in total. The molecule has 140 valence electrons. The summed E-state index contributed by atoms with van der Waals surface area (Å²) in [6.45, 7) is 6.25. The Morgan fingerprint density at radius 3 is 2.63 bits per heavy atom. The Hall–Kier alpha value is -2.95. The Labute approximate surface area is 159 Å². The van der Waals surface area contributed by atoms with Crippen molar-refractivity contribution >= 4 is 5.91 Å². The lowest BCUT2D eigenvalue weighted by Crippen LogP contribution is -2.23. The van der Waals surface area contributed by atoms with E-state index in [9.17, 15) is 9.18 Å². The van der Waals surface area contributed by atoms with Crippen LogP contribution in [0.25, 0.3) is 5.69 Å². The number of aryl methyl sites for hydroxylation is 4. The van der Waals surface area contributed by atoms with Crippen LogP contribution < -0.4 is 5.32 Å². The predicted octanol–water partition coefficient (Wildman–Crippen LogP) is 4.19. The summed E-state index contributed by atoms with van der Waals surface area (Å²) < 4.78 is 16.1. The summed E-state index contributed by atoms with van der Waals surface area (Å²) in [6, 6.07) is 11.2. The molecule has 0 fully saturated rings. The van der Waals surface area contributed by atoms with Crippen molar-refractivity contribution in [2.24, 2.45) is 0 Å². The number of rotatable bonds is 6. The Kier molecular flexibility index (Phi) is 5.69. The van der Waals surface area contributed by atoms with Crippen LogP contribution in [0.5, 0.6) is 0 Å². The van der Waals surface area contributed by atoms with E-state index in [0.29, 0.717) is 25.1 Å². The highest BCUT2D eigenvalue weighted by Gasteiger charge is 2.09. The highest BCUT2D eigenvalue weighted by atomic mass is 19.1. The number of carbonyl (C=O) groups excluding carboxylic acids is 1. The monoisotopic (exact) mass is 365 g/mol. The van der Waals surface area contributed by atoms with Gasteiger partial charge in [-0.15, -0.1) is 0 Å². The van der Waals surface area contributed by atoms with E-state index in [1.54, 1.807) is 23.0 Å². The van der Waals surface area contributed by atoms with Crippen molar-refractivity contribution < 1.29 is 9.18 Å². The van der Waals surface area contributed by atoms with E-state index in [1.807, 2.05) is 13.0 Å². The fourth-order valence-corrected chi connectivity index (χ4v) is 3.15. The molecule has 0 aliphatic carbocycles. The van der Waals surface area contributed by atoms with Crippen molar-refractivity contribution in [1.82, 2.24) is 14.9 Å². The van der Waals surface area contributed by atoms with Crippen LogP contribution in [0, 0.1) is 26.6 Å². The van der Waals surface area contributed by atoms with Crippen LogP contribution in [0.3, 0.4) is 0 Å². The molecular formula is C22H24FN3O. The number of carbonyl (C=O) groups is 1. The van der Waals surface area contributed by atoms with Gasteiger partial charge in [-0.25, -0.2) is 9.37 Å². The smallest absolute Gasteiger partial charge is 0.220 e. The molecular weight excluding hydrogens is 341 g/mol. The second-order valence-corrected chi connectivity index (χ2v) is 6.84. The molecule has 5 heteroatoms. The molecule has 0 aliphatic heterocycles. The van der Waals surface area contributed by atoms with Crippen molar-refractivity contribution in [1.29, 1.82) is 0 Å². The topological polar surface area (TPSA) is 46.9 Å². The van der Waals surface area contributed by atoms with E-state index in [1.165, 1.54) is 22.8 Å². The van der Waals surface area contributed by atoms with Crippen LogP contribution in [0.15, 0.2) is 48.8 Å². The maximum absolute atomic E-state index is 14.4. The first kappa shape index (κ1) is 18.8. The zero-order chi connectivity index (χ0) is 19.4. The van der Waals surface area contributed by atoms with E-state index in [0.717, 1.165) is 11.4 Å². The first-order valence-electron chi connectivity index (χ1n) is 9.05. The lowest BCUT2D eigenvalue weighted by atomic mass is 10.0. The third-order valence-corrected chi connectivity index (χ3v) is 4.71. The molecule has 0 saturated carbocycles. The summed E-state index contributed by atoms with van der Waals surface area (Å²) in [5.74, 6) is 0.351. The second kappa shape index (κ2) is 8.16. The van der Waals surface area contributed by atoms with E-state index in [4.69, 9.17) is 0 Å². The quantitative estimate of drug-likeness (QED) is 0.712. The summed E-state index contributed by atoms with van der Waals surface area (Å²) in [4.78, 5) is 16.2. The number of halogens is 1. The SMILES string of the molecule is Cc1ccc(CCC(=O)NCc2ccc(-n3ccnc3C)c(F)c2)c(C)c1. The molecule has 1 amide bonds. The zero-order valence-electron chi connectivity index (χ0n) is 15.9. The third kappa shape index (κ3) is 4.61. The number of aromatic nitrogens is 2. The molecule has 2 aromatic carbocycles. The summed E-state index contributed by atoms with van der Waals surface area (Å²) in [5, 5.41) is 2.87. The highest BCUT2D eigenvalue weighted by Crippen LogP contribution is 2.17. The molecule has 27 heavy (non-hydrogen) atoms. The number of benzene rings is 2. The maximum Gasteiger partial charge on any atom is 0.220 e. The van der Waals surface area contributed by atoms with E-state index < -0.39 is 0 Å². The largest absolute Gasteiger partial charge is 0.352 e. The fraction of sp³-hybridized carbons (Fsp3) is 0.273. The number of nitrogens with one attached hydrogen (secondary N) is 1. The molecule has 0 saturated heterocycles. The molecule has 1 N–H and O–H groups in total. The zero-order valence-corrected chi connectivity index (χ0v) is 15.9. The van der Waals surface area contributed by atoms with Gasteiger partial charge in [0.15, 0.2) is 0 Å². The minimum Gasteiger partial charge on any atom is -0.352 e. The first-order chi connectivity index (χ1) is 12.9. The molecule has 0 spiro atoms. The van der Waals surface area contributed by atoms with Gasteiger partial charge in [0.2, 0.25) is 5.91 Å². The molecule has 0 aliphatic rings. The average molecular weight is 365 g/mol. The number of amides is 1. The number of imidazole rings is 1. The molecule has 0 radical (unpaired) electrons. The Morgan fingerprint density at radius 2 is 1.96 bits per heavy atom. The number of hydrogen-bond donors (Lipinski definition) is 1. The van der Waals surface area contributed by atoms with Gasteiger partial charge in [0.1, 0.15) is 11.6 Å². The van der Waals surface area contributed by atoms with Gasteiger partial charge in [-0.2, -0.15) is 0 Å². The number of hydrogen-bond acceptors (Lipinski definition) is 2. The second-order valence-electron chi connectivity index (χ2n) is 6.84. The van der Waals surface area contributed by atoms with E-state index >= 15 is 0 Å². The maximum atomic E-state index is 14.4. The molecule has 0 atom stereocenters. The van der Waals surface area contributed by atoms with Crippen molar-refractivity contribution in [3.8, 4) is 5.69 Å². The normalized spacial score (nSPS) is 10.8. The summed E-state index contributed by atoms with van der Waals surface area (Å²) in [6.07, 6.45) is 4.48. The van der Waals surface area contributed by atoms with Crippen LogP contribution in [0.1, 0.15) is 34.5 Å². The van der Waals surface area contributed by atoms with Crippen LogP contribution in [0.2, 0.25) is 0 Å². The summed E-state index contributed by atoms with van der Waals surface area (Å²) in [5.41, 5.74) is 4.79. The highest BCUT2D eigenvalue weighted by molar-refractivity contribution is 5.76. The van der Waals surface area contributed by atoms with Gasteiger partial charge in [-0.05, 0) is 56.0 Å². The van der Waals surface area contributed by atoms with Gasteiger partial charge in [0, 0.05) is 25.4 Å². The Bertz CT molecular complexity index is 962. The Balaban J connectivity index is 1.56. The summed E-state index contributed by atoms with van der Waals surface area (Å²) in [7, 11) is 0. The van der Waals surface area contributed by atoms with Gasteiger partial charge < -0.3 is 9.88 Å². The van der Waals surface area contributed by atoms with E-state index in [-0.39, 0.29) is 11.7 Å². The van der Waals surface area contributed by atoms with Crippen molar-refractivity contribution in [2.75, 3.05) is 0 Å². The third-order valence-electron chi connectivity index (χ3n) is 4.71. The van der Waals surface area contributed by atoms with Crippen LogP contribution in [-0.2, 0) is 17.8 Å². The molecule has 3 aromatic rings. The Morgan fingerprint density at radius 1 is 1.15 bits per heavy atom. The van der Waals surface area contributed by atoms with Crippen LogP contribution in [0.4, 0.5) is 4.39 Å². The van der Waals surface area contributed by atoms with Crippen molar-refractivity contribution in [3.05, 3.63) is 82.7 Å². The van der Waals surface area contributed by atoms with Crippen molar-refractivity contribution in [2.45, 2.75) is 40.2 Å². The van der Waals surface area contributed by atoms with Crippen LogP contribution >= 0.6 is 0 Å². The van der Waals surface area contributed by atoms with Gasteiger partial charge in [0.05, 0.1) is 5.69 Å². The molecule has 0 unspecified atom stereocenters. The summed E-state index contributed by atoms with van der Waals surface area (Å²) >= 11 is 0. The van der Waals surface area contributed by atoms with Crippen LogP contribution in [-0.4, -0.2) is 15.5 Å². The van der Waals surface area contributed by atoms with Crippen molar-refractivity contribution in [3.63, 3.8) is 0 Å². The van der Waals surface area contributed by atoms with Gasteiger partial charge in [0.25, 0.3) is 0 Å². The minimum absolute atomic E-state index is 0.0371. The minimum atomic E-state index is -0.335. The van der Waals surface area contributed by atoms with Gasteiger partial charge in [-0.1, -0.05) is 29.8 Å². The molecule has 1 aromatic heterocycles. The molecule has 3 rings (SSSR count). The standard InChI is InChI=1S/C22H24FN3O/c1-15-4-6-19(16(2)12-15)7-9-22(27)25-14-18-5-8-21(20(23)13-18)26-11-10-24-17(26)3/h4-6,8,10-13H,7,9,14H2,1-3H3,(H,25,27). The van der Waals surface area contributed by atoms with Gasteiger partial charge in [-0.3, -0.25) is 4.79 Å². The fourth-order valence-electron chi connectivity index (χ4n) is 3.15. The molecule has 1 heterocycles.